The molecule has 2 aromatic heterocycles. The van der Waals surface area contributed by atoms with Gasteiger partial charge in [0.2, 0.25) is 17.6 Å². The number of nitrogens with one attached hydrogen (secondary N) is 1. The van der Waals surface area contributed by atoms with Crippen LogP contribution in [-0.2, 0) is 4.79 Å². The lowest BCUT2D eigenvalue weighted by Gasteiger charge is -2.18. The van der Waals surface area contributed by atoms with Crippen molar-refractivity contribution in [2.75, 3.05) is 6.61 Å². The Labute approximate surface area is 170 Å². The number of aryl methyl sites for hydroxylation is 1. The Morgan fingerprint density at radius 1 is 1.24 bits per heavy atom. The van der Waals surface area contributed by atoms with Gasteiger partial charge in [-0.1, -0.05) is 31.1 Å². The minimum absolute atomic E-state index is 0.0716. The summed E-state index contributed by atoms with van der Waals surface area (Å²) in [6.45, 7) is 6.50. The summed E-state index contributed by atoms with van der Waals surface area (Å²) in [6, 6.07) is 11.2. The van der Waals surface area contributed by atoms with Crippen molar-refractivity contribution in [1.82, 2.24) is 20.4 Å². The van der Waals surface area contributed by atoms with Gasteiger partial charge in [0, 0.05) is 24.4 Å². The van der Waals surface area contributed by atoms with Gasteiger partial charge >= 0.3 is 0 Å². The van der Waals surface area contributed by atoms with Crippen LogP contribution < -0.4 is 10.1 Å². The number of benzene rings is 1. The van der Waals surface area contributed by atoms with Crippen LogP contribution in [0, 0.1) is 12.8 Å². The van der Waals surface area contributed by atoms with Gasteiger partial charge in [-0.15, -0.1) is 0 Å². The van der Waals surface area contributed by atoms with E-state index in [1.54, 1.807) is 12.4 Å². The number of carbonyl (C=O) groups excluding carboxylic acids is 1. The first-order valence-corrected chi connectivity index (χ1v) is 9.76. The van der Waals surface area contributed by atoms with Crippen LogP contribution >= 0.6 is 0 Å². The van der Waals surface area contributed by atoms with Crippen molar-refractivity contribution < 1.29 is 14.1 Å². The van der Waals surface area contributed by atoms with E-state index in [2.05, 4.69) is 20.4 Å². The minimum atomic E-state index is -0.349. The lowest BCUT2D eigenvalue weighted by molar-refractivity contribution is -0.122. The second-order valence-electron chi connectivity index (χ2n) is 7.26. The molecule has 0 saturated carbocycles. The predicted octanol–water partition coefficient (Wildman–Crippen LogP) is 4.11. The number of hydrogen-bond acceptors (Lipinski definition) is 6. The Balaban J connectivity index is 1.52. The molecule has 0 fully saturated rings. The Morgan fingerprint density at radius 2 is 2.10 bits per heavy atom. The van der Waals surface area contributed by atoms with Gasteiger partial charge in [-0.25, -0.2) is 0 Å². The quantitative estimate of drug-likeness (QED) is 0.549. The average Bonchev–Trinajstić information content (AvgIpc) is 3.20. The Morgan fingerprint density at radius 3 is 2.83 bits per heavy atom. The standard InChI is InChI=1S/C22H26N4O3/c1-15(2)20(22-25-21(26-29-22)17-8-5-11-23-14-17)24-19(27)10-6-12-28-18-9-4-7-16(3)13-18/h4-5,7-9,11,13-15,20H,6,10,12H2,1-3H3,(H,24,27). The third kappa shape index (κ3) is 5.88. The van der Waals surface area contributed by atoms with E-state index in [-0.39, 0.29) is 17.9 Å². The fourth-order valence-electron chi connectivity index (χ4n) is 2.86. The van der Waals surface area contributed by atoms with Gasteiger partial charge in [-0.05, 0) is 49.1 Å². The van der Waals surface area contributed by atoms with Gasteiger partial charge in [-0.2, -0.15) is 4.98 Å². The fraction of sp³-hybridized carbons (Fsp3) is 0.364. The Bertz CT molecular complexity index is 925. The van der Waals surface area contributed by atoms with E-state index >= 15 is 0 Å². The summed E-state index contributed by atoms with van der Waals surface area (Å²) >= 11 is 0. The van der Waals surface area contributed by atoms with E-state index in [1.807, 2.05) is 57.2 Å². The Hall–Kier alpha value is -3.22. The summed E-state index contributed by atoms with van der Waals surface area (Å²) in [5.41, 5.74) is 1.91. The van der Waals surface area contributed by atoms with Crippen molar-refractivity contribution >= 4 is 5.91 Å². The number of pyridine rings is 1. The molecule has 2 heterocycles. The third-order valence-electron chi connectivity index (χ3n) is 4.42. The lowest BCUT2D eigenvalue weighted by atomic mass is 10.0. The maximum atomic E-state index is 12.4. The molecule has 0 spiro atoms. The van der Waals surface area contributed by atoms with Crippen molar-refractivity contribution in [3.05, 3.63) is 60.2 Å². The smallest absolute Gasteiger partial charge is 0.249 e. The molecule has 7 nitrogen and oxygen atoms in total. The Kier molecular flexibility index (Phi) is 6.94. The number of ether oxygens (including phenoxy) is 1. The first kappa shape index (κ1) is 20.5. The van der Waals surface area contributed by atoms with E-state index in [4.69, 9.17) is 9.26 Å². The van der Waals surface area contributed by atoms with Crippen molar-refractivity contribution in [3.63, 3.8) is 0 Å². The molecular formula is C22H26N4O3. The second-order valence-corrected chi connectivity index (χ2v) is 7.26. The summed E-state index contributed by atoms with van der Waals surface area (Å²) in [4.78, 5) is 20.9. The van der Waals surface area contributed by atoms with Gasteiger partial charge in [0.15, 0.2) is 0 Å². The first-order chi connectivity index (χ1) is 14.0. The molecule has 0 aliphatic rings. The molecular weight excluding hydrogens is 368 g/mol. The summed E-state index contributed by atoms with van der Waals surface area (Å²) in [5.74, 6) is 1.70. The zero-order valence-corrected chi connectivity index (χ0v) is 17.0. The van der Waals surface area contributed by atoms with Gasteiger partial charge in [0.1, 0.15) is 11.8 Å². The van der Waals surface area contributed by atoms with Gasteiger partial charge < -0.3 is 14.6 Å². The summed E-state index contributed by atoms with van der Waals surface area (Å²) in [6.07, 6.45) is 4.34. The van der Waals surface area contributed by atoms with E-state index < -0.39 is 0 Å². The number of hydrogen-bond donors (Lipinski definition) is 1. The maximum absolute atomic E-state index is 12.4. The molecule has 0 aliphatic heterocycles. The molecule has 1 aromatic carbocycles. The highest BCUT2D eigenvalue weighted by Gasteiger charge is 2.24. The van der Waals surface area contributed by atoms with Gasteiger partial charge in [0.25, 0.3) is 0 Å². The molecule has 1 amide bonds. The van der Waals surface area contributed by atoms with E-state index in [1.165, 1.54) is 0 Å². The third-order valence-corrected chi connectivity index (χ3v) is 4.42. The van der Waals surface area contributed by atoms with E-state index in [0.29, 0.717) is 31.2 Å². The highest BCUT2D eigenvalue weighted by atomic mass is 16.5. The minimum Gasteiger partial charge on any atom is -0.494 e. The van der Waals surface area contributed by atoms with E-state index in [0.717, 1.165) is 16.9 Å². The SMILES string of the molecule is Cc1cccc(OCCCC(=O)NC(c2nc(-c3cccnc3)no2)C(C)C)c1. The number of carbonyl (C=O) groups is 1. The maximum Gasteiger partial charge on any atom is 0.249 e. The van der Waals surface area contributed by atoms with Crippen molar-refractivity contribution in [2.45, 2.75) is 39.7 Å². The molecule has 7 heteroatoms. The lowest BCUT2D eigenvalue weighted by Crippen LogP contribution is -2.32. The van der Waals surface area contributed by atoms with Crippen molar-refractivity contribution in [3.8, 4) is 17.1 Å². The molecule has 152 valence electrons. The molecule has 1 unspecified atom stereocenters. The van der Waals surface area contributed by atoms with Crippen LogP contribution in [0.1, 0.15) is 44.2 Å². The monoisotopic (exact) mass is 394 g/mol. The van der Waals surface area contributed by atoms with Crippen LogP contribution in [0.5, 0.6) is 5.75 Å². The van der Waals surface area contributed by atoms with Crippen LogP contribution in [-0.4, -0.2) is 27.6 Å². The highest BCUT2D eigenvalue weighted by Crippen LogP contribution is 2.23. The van der Waals surface area contributed by atoms with Crippen LogP contribution in [0.3, 0.4) is 0 Å². The molecule has 1 N–H and O–H groups in total. The number of nitrogens with zero attached hydrogens (tertiary/aromatic N) is 3. The first-order valence-electron chi connectivity index (χ1n) is 9.76. The zero-order chi connectivity index (χ0) is 20.6. The largest absolute Gasteiger partial charge is 0.494 e. The molecule has 1 atom stereocenters. The van der Waals surface area contributed by atoms with Crippen LogP contribution in [0.15, 0.2) is 53.3 Å². The van der Waals surface area contributed by atoms with Crippen LogP contribution in [0.2, 0.25) is 0 Å². The van der Waals surface area contributed by atoms with Gasteiger partial charge in [0.05, 0.1) is 6.61 Å². The summed E-state index contributed by atoms with van der Waals surface area (Å²) < 4.78 is 11.1. The fourth-order valence-corrected chi connectivity index (χ4v) is 2.86. The molecule has 3 rings (SSSR count). The van der Waals surface area contributed by atoms with E-state index in [9.17, 15) is 4.79 Å². The zero-order valence-electron chi connectivity index (χ0n) is 17.0. The van der Waals surface area contributed by atoms with Crippen molar-refractivity contribution in [1.29, 1.82) is 0 Å². The molecule has 0 saturated heterocycles. The second kappa shape index (κ2) is 9.82. The molecule has 29 heavy (non-hydrogen) atoms. The summed E-state index contributed by atoms with van der Waals surface area (Å²) in [5, 5.41) is 7.01. The molecule has 0 aliphatic carbocycles. The van der Waals surface area contributed by atoms with Crippen LogP contribution in [0.25, 0.3) is 11.4 Å². The number of rotatable bonds is 9. The highest BCUT2D eigenvalue weighted by molar-refractivity contribution is 5.76. The topological polar surface area (TPSA) is 90.1 Å². The number of aromatic nitrogens is 3. The van der Waals surface area contributed by atoms with Gasteiger partial charge in [-0.3, -0.25) is 9.78 Å². The molecule has 3 aromatic rings. The molecule has 0 bridgehead atoms. The summed E-state index contributed by atoms with van der Waals surface area (Å²) in [7, 11) is 0. The average molecular weight is 394 g/mol. The molecule has 0 radical (unpaired) electrons. The predicted molar refractivity (Wildman–Crippen MR) is 109 cm³/mol. The number of amides is 1. The normalized spacial score (nSPS) is 12.0. The van der Waals surface area contributed by atoms with Crippen LogP contribution in [0.4, 0.5) is 0 Å². The van der Waals surface area contributed by atoms with Crippen molar-refractivity contribution in [2.24, 2.45) is 5.92 Å².